The Bertz CT molecular complexity index is 480. The number of nitrogens with zero attached hydrogens (tertiary/aromatic N) is 2. The molecule has 1 aromatic rings. The summed E-state index contributed by atoms with van der Waals surface area (Å²) in [5.74, 6) is 0. The number of ether oxygens (including phenoxy) is 1. The number of piperidine rings is 1. The highest BCUT2D eigenvalue weighted by Crippen LogP contribution is 2.32. The lowest BCUT2D eigenvalue weighted by atomic mass is 9.96. The molecule has 0 N–H and O–H groups in total. The third kappa shape index (κ3) is 3.71. The van der Waals surface area contributed by atoms with Gasteiger partial charge in [-0.3, -0.25) is 4.98 Å². The first-order valence-electron chi connectivity index (χ1n) is 7.29. The van der Waals surface area contributed by atoms with Crippen LogP contribution in [0.1, 0.15) is 57.3 Å². The van der Waals surface area contributed by atoms with E-state index in [-0.39, 0.29) is 12.1 Å². The fraction of sp³-hybridized carbons (Fsp3) is 0.625. The first-order valence-corrected chi connectivity index (χ1v) is 7.29. The average molecular weight is 276 g/mol. The van der Waals surface area contributed by atoms with Crippen LogP contribution >= 0.6 is 0 Å². The van der Waals surface area contributed by atoms with Crippen LogP contribution in [0.15, 0.2) is 18.3 Å². The van der Waals surface area contributed by atoms with Gasteiger partial charge in [0.15, 0.2) is 0 Å². The van der Waals surface area contributed by atoms with Crippen LogP contribution in [0.5, 0.6) is 0 Å². The number of hydrogen-bond acceptors (Lipinski definition) is 3. The molecule has 0 unspecified atom stereocenters. The van der Waals surface area contributed by atoms with E-state index in [0.29, 0.717) is 0 Å². The number of aromatic nitrogens is 1. The predicted molar refractivity (Wildman–Crippen MR) is 78.5 cm³/mol. The summed E-state index contributed by atoms with van der Waals surface area (Å²) in [6.45, 7) is 8.45. The van der Waals surface area contributed by atoms with Gasteiger partial charge >= 0.3 is 6.09 Å². The summed E-state index contributed by atoms with van der Waals surface area (Å²) >= 11 is 0. The Morgan fingerprint density at radius 2 is 2.15 bits per heavy atom. The largest absolute Gasteiger partial charge is 0.444 e. The predicted octanol–water partition coefficient (Wildman–Crippen LogP) is 3.85. The van der Waals surface area contributed by atoms with Crippen LogP contribution in [0.4, 0.5) is 4.79 Å². The Hall–Kier alpha value is -1.58. The molecule has 1 aliphatic heterocycles. The van der Waals surface area contributed by atoms with E-state index in [4.69, 9.17) is 4.74 Å². The van der Waals surface area contributed by atoms with Crippen molar-refractivity contribution in [3.63, 3.8) is 0 Å². The lowest BCUT2D eigenvalue weighted by Gasteiger charge is -2.37. The quantitative estimate of drug-likeness (QED) is 0.782. The van der Waals surface area contributed by atoms with Crippen LogP contribution in [-0.4, -0.2) is 28.1 Å². The lowest BCUT2D eigenvalue weighted by Crippen LogP contribution is -2.41. The fourth-order valence-electron chi connectivity index (χ4n) is 2.59. The van der Waals surface area contributed by atoms with Crippen LogP contribution in [-0.2, 0) is 4.74 Å². The van der Waals surface area contributed by atoms with Crippen molar-refractivity contribution in [3.8, 4) is 0 Å². The second-order valence-corrected chi connectivity index (χ2v) is 6.42. The molecule has 1 aromatic heterocycles. The molecular weight excluding hydrogens is 252 g/mol. The smallest absolute Gasteiger partial charge is 0.410 e. The molecule has 2 heterocycles. The lowest BCUT2D eigenvalue weighted by molar-refractivity contribution is 0.00949. The van der Waals surface area contributed by atoms with Gasteiger partial charge in [0.25, 0.3) is 0 Å². The van der Waals surface area contributed by atoms with Gasteiger partial charge in [-0.2, -0.15) is 0 Å². The highest BCUT2D eigenvalue weighted by Gasteiger charge is 2.31. The third-order valence-electron chi connectivity index (χ3n) is 3.44. The second kappa shape index (κ2) is 5.81. The van der Waals surface area contributed by atoms with Crippen LogP contribution in [0.25, 0.3) is 0 Å². The standard InChI is InChI=1S/C16H24N2O2/c1-12-11-13(8-9-17-12)14-7-5-6-10-18(14)15(19)20-16(2,3)4/h8-9,11,14H,5-7,10H2,1-4H3/t14-/m1/s1. The van der Waals surface area contributed by atoms with Crippen molar-refractivity contribution < 1.29 is 9.53 Å². The van der Waals surface area contributed by atoms with Crippen molar-refractivity contribution in [2.24, 2.45) is 0 Å². The molecule has 1 atom stereocenters. The van der Waals surface area contributed by atoms with E-state index in [1.807, 2.05) is 44.9 Å². The first-order chi connectivity index (χ1) is 9.37. The molecule has 0 aliphatic carbocycles. The minimum atomic E-state index is -0.451. The Labute approximate surface area is 121 Å². The molecule has 110 valence electrons. The number of aryl methyl sites for hydroxylation is 1. The van der Waals surface area contributed by atoms with Crippen LogP contribution in [0, 0.1) is 6.92 Å². The second-order valence-electron chi connectivity index (χ2n) is 6.42. The summed E-state index contributed by atoms with van der Waals surface area (Å²) in [4.78, 5) is 18.5. The number of likely N-dealkylation sites (tertiary alicyclic amines) is 1. The monoisotopic (exact) mass is 276 g/mol. The minimum absolute atomic E-state index is 0.111. The zero-order chi connectivity index (χ0) is 14.8. The molecular formula is C16H24N2O2. The molecule has 0 bridgehead atoms. The molecule has 1 amide bonds. The van der Waals surface area contributed by atoms with Gasteiger partial charge in [0, 0.05) is 18.4 Å². The molecule has 1 aliphatic rings. The van der Waals surface area contributed by atoms with Gasteiger partial charge in [-0.15, -0.1) is 0 Å². The maximum atomic E-state index is 12.4. The summed E-state index contributed by atoms with van der Waals surface area (Å²) in [5, 5.41) is 0. The van der Waals surface area contributed by atoms with Crippen LogP contribution < -0.4 is 0 Å². The average Bonchev–Trinajstić information content (AvgIpc) is 2.37. The normalized spacial score (nSPS) is 19.8. The van der Waals surface area contributed by atoms with E-state index in [1.54, 1.807) is 0 Å². The molecule has 1 saturated heterocycles. The van der Waals surface area contributed by atoms with E-state index >= 15 is 0 Å². The van der Waals surface area contributed by atoms with Gasteiger partial charge in [0.05, 0.1) is 6.04 Å². The highest BCUT2D eigenvalue weighted by atomic mass is 16.6. The molecule has 0 spiro atoms. The van der Waals surface area contributed by atoms with E-state index < -0.39 is 5.60 Å². The topological polar surface area (TPSA) is 42.4 Å². The van der Waals surface area contributed by atoms with Crippen molar-refractivity contribution in [2.75, 3.05) is 6.54 Å². The Morgan fingerprint density at radius 1 is 1.40 bits per heavy atom. The summed E-state index contributed by atoms with van der Waals surface area (Å²) in [6, 6.07) is 4.17. The molecule has 1 fully saturated rings. The van der Waals surface area contributed by atoms with Crippen molar-refractivity contribution >= 4 is 6.09 Å². The summed E-state index contributed by atoms with van der Waals surface area (Å²) in [5.41, 5.74) is 1.69. The molecule has 20 heavy (non-hydrogen) atoms. The van der Waals surface area contributed by atoms with Gasteiger partial charge in [-0.05, 0) is 64.7 Å². The molecule has 4 heteroatoms. The molecule has 2 rings (SSSR count). The van der Waals surface area contributed by atoms with Crippen molar-refractivity contribution in [2.45, 2.75) is 58.6 Å². The molecule has 0 radical (unpaired) electrons. The van der Waals surface area contributed by atoms with Gasteiger partial charge in [0.2, 0.25) is 0 Å². The zero-order valence-corrected chi connectivity index (χ0v) is 12.8. The van der Waals surface area contributed by atoms with E-state index in [9.17, 15) is 4.79 Å². The number of carbonyl (C=O) groups is 1. The number of amides is 1. The van der Waals surface area contributed by atoms with Gasteiger partial charge in [-0.25, -0.2) is 4.79 Å². The summed E-state index contributed by atoms with van der Waals surface area (Å²) in [6.07, 6.45) is 4.78. The third-order valence-corrected chi connectivity index (χ3v) is 3.44. The van der Waals surface area contributed by atoms with Gasteiger partial charge < -0.3 is 9.64 Å². The Kier molecular flexibility index (Phi) is 4.31. The molecule has 4 nitrogen and oxygen atoms in total. The minimum Gasteiger partial charge on any atom is -0.444 e. The van der Waals surface area contributed by atoms with Crippen molar-refractivity contribution in [3.05, 3.63) is 29.6 Å². The van der Waals surface area contributed by atoms with Gasteiger partial charge in [-0.1, -0.05) is 0 Å². The number of pyridine rings is 1. The maximum Gasteiger partial charge on any atom is 0.410 e. The highest BCUT2D eigenvalue weighted by molar-refractivity contribution is 5.69. The van der Waals surface area contributed by atoms with Crippen molar-refractivity contribution in [1.29, 1.82) is 0 Å². The Balaban J connectivity index is 2.19. The zero-order valence-electron chi connectivity index (χ0n) is 12.8. The van der Waals surface area contributed by atoms with E-state index in [0.717, 1.165) is 37.1 Å². The molecule has 0 aromatic carbocycles. The van der Waals surface area contributed by atoms with Gasteiger partial charge in [0.1, 0.15) is 5.60 Å². The Morgan fingerprint density at radius 3 is 2.80 bits per heavy atom. The SMILES string of the molecule is Cc1cc([C@H]2CCCCN2C(=O)OC(C)(C)C)ccn1. The molecule has 0 saturated carbocycles. The maximum absolute atomic E-state index is 12.4. The summed E-state index contributed by atoms with van der Waals surface area (Å²) < 4.78 is 5.53. The van der Waals surface area contributed by atoms with E-state index in [1.165, 1.54) is 0 Å². The van der Waals surface area contributed by atoms with E-state index in [2.05, 4.69) is 11.1 Å². The van der Waals surface area contributed by atoms with Crippen LogP contribution in [0.2, 0.25) is 0 Å². The summed E-state index contributed by atoms with van der Waals surface area (Å²) in [7, 11) is 0. The van der Waals surface area contributed by atoms with Crippen LogP contribution in [0.3, 0.4) is 0 Å². The number of rotatable bonds is 1. The van der Waals surface area contributed by atoms with Crippen molar-refractivity contribution in [1.82, 2.24) is 9.88 Å². The number of hydrogen-bond donors (Lipinski definition) is 0. The first kappa shape index (κ1) is 14.8. The number of carbonyl (C=O) groups excluding carboxylic acids is 1. The fourth-order valence-corrected chi connectivity index (χ4v) is 2.59.